The molecule has 0 saturated heterocycles. The van der Waals surface area contributed by atoms with Crippen molar-refractivity contribution in [1.29, 1.82) is 5.26 Å². The topological polar surface area (TPSA) is 118 Å². The van der Waals surface area contributed by atoms with Crippen LogP contribution in [0.2, 0.25) is 0 Å². The van der Waals surface area contributed by atoms with E-state index in [1.54, 1.807) is 36.7 Å². The number of anilines is 2. The van der Waals surface area contributed by atoms with Crippen LogP contribution in [0.1, 0.15) is 18.1 Å². The van der Waals surface area contributed by atoms with Gasteiger partial charge in [0.15, 0.2) is 5.16 Å². The van der Waals surface area contributed by atoms with E-state index in [9.17, 15) is 10.1 Å². The van der Waals surface area contributed by atoms with Gasteiger partial charge in [-0.25, -0.2) is 9.97 Å². The number of amides is 1. The molecule has 0 aliphatic carbocycles. The third-order valence-corrected chi connectivity index (χ3v) is 4.54. The van der Waals surface area contributed by atoms with Crippen molar-refractivity contribution in [1.82, 2.24) is 15.0 Å². The molecule has 0 aliphatic rings. The molecular weight excluding hydrogens is 360 g/mol. The molecule has 2 heterocycles. The first-order chi connectivity index (χ1) is 13.1. The van der Waals surface area contributed by atoms with Gasteiger partial charge in [-0.3, -0.25) is 9.78 Å². The number of thioether (sulfide) groups is 1. The first-order valence-corrected chi connectivity index (χ1v) is 9.02. The number of carbonyl (C=O) groups excluding carboxylic acids is 1. The van der Waals surface area contributed by atoms with Gasteiger partial charge in [0, 0.05) is 36.3 Å². The van der Waals surface area contributed by atoms with E-state index in [1.807, 2.05) is 12.1 Å². The van der Waals surface area contributed by atoms with Crippen molar-refractivity contribution < 1.29 is 4.79 Å². The molecule has 7 nitrogen and oxygen atoms in total. The van der Waals surface area contributed by atoms with E-state index in [-0.39, 0.29) is 17.3 Å². The van der Waals surface area contributed by atoms with Gasteiger partial charge in [0.1, 0.15) is 17.5 Å². The predicted molar refractivity (Wildman–Crippen MR) is 105 cm³/mol. The standard InChI is InChI=1S/C19H16N6OS/c1-12(26)23-15-4-2-14(3-5-15)17-16(10-20)18(21)25-19(24-17)27-11-13-6-8-22-9-7-13/h2-9H,11H2,1H3,(H,23,26)(H2,21,24,25). The quantitative estimate of drug-likeness (QED) is 0.518. The molecule has 0 atom stereocenters. The summed E-state index contributed by atoms with van der Waals surface area (Å²) in [5.74, 6) is 0.654. The molecule has 0 radical (unpaired) electrons. The van der Waals surface area contributed by atoms with Gasteiger partial charge in [-0.15, -0.1) is 0 Å². The van der Waals surface area contributed by atoms with Crippen molar-refractivity contribution in [3.8, 4) is 17.3 Å². The molecule has 8 heteroatoms. The van der Waals surface area contributed by atoms with Crippen molar-refractivity contribution in [3.63, 3.8) is 0 Å². The molecule has 0 saturated carbocycles. The first-order valence-electron chi connectivity index (χ1n) is 8.04. The summed E-state index contributed by atoms with van der Waals surface area (Å²) < 4.78 is 0. The van der Waals surface area contributed by atoms with E-state index in [1.165, 1.54) is 18.7 Å². The monoisotopic (exact) mass is 376 g/mol. The number of rotatable bonds is 5. The van der Waals surface area contributed by atoms with Gasteiger partial charge in [-0.05, 0) is 29.8 Å². The van der Waals surface area contributed by atoms with Gasteiger partial charge in [0.2, 0.25) is 5.91 Å². The van der Waals surface area contributed by atoms with Crippen molar-refractivity contribution in [2.45, 2.75) is 17.8 Å². The molecule has 3 N–H and O–H groups in total. The third-order valence-electron chi connectivity index (χ3n) is 3.62. The minimum absolute atomic E-state index is 0.144. The third kappa shape index (κ3) is 4.59. The van der Waals surface area contributed by atoms with E-state index >= 15 is 0 Å². The van der Waals surface area contributed by atoms with Crippen LogP contribution in [0.5, 0.6) is 0 Å². The van der Waals surface area contributed by atoms with Gasteiger partial charge in [0.25, 0.3) is 0 Å². The predicted octanol–water partition coefficient (Wildman–Crippen LogP) is 3.24. The van der Waals surface area contributed by atoms with Gasteiger partial charge < -0.3 is 11.1 Å². The molecule has 134 valence electrons. The van der Waals surface area contributed by atoms with Crippen molar-refractivity contribution >= 4 is 29.2 Å². The molecule has 0 fully saturated rings. The van der Waals surface area contributed by atoms with Crippen molar-refractivity contribution in [2.75, 3.05) is 11.1 Å². The molecule has 1 amide bonds. The van der Waals surface area contributed by atoms with E-state index in [2.05, 4.69) is 26.3 Å². The van der Waals surface area contributed by atoms with Gasteiger partial charge in [-0.2, -0.15) is 5.26 Å². The Hall–Kier alpha value is -3.44. The normalized spacial score (nSPS) is 10.2. The number of nitrogens with zero attached hydrogens (tertiary/aromatic N) is 4. The van der Waals surface area contributed by atoms with Crippen LogP contribution >= 0.6 is 11.8 Å². The number of nitrogens with two attached hydrogens (primary N) is 1. The lowest BCUT2D eigenvalue weighted by Crippen LogP contribution is -2.05. The molecule has 0 aliphatic heterocycles. The number of pyridine rings is 1. The Kier molecular flexibility index (Phi) is 5.64. The number of aromatic nitrogens is 3. The maximum atomic E-state index is 11.1. The van der Waals surface area contributed by atoms with Crippen LogP contribution in [-0.2, 0) is 10.5 Å². The molecule has 0 unspecified atom stereocenters. The average Bonchev–Trinajstić information content (AvgIpc) is 2.67. The van der Waals surface area contributed by atoms with E-state index in [0.717, 1.165) is 11.1 Å². The van der Waals surface area contributed by atoms with E-state index in [4.69, 9.17) is 5.73 Å². The Labute approximate surface area is 160 Å². The van der Waals surface area contributed by atoms with Crippen molar-refractivity contribution in [2.24, 2.45) is 0 Å². The Bertz CT molecular complexity index is 999. The fourth-order valence-electron chi connectivity index (χ4n) is 2.38. The summed E-state index contributed by atoms with van der Waals surface area (Å²) in [5.41, 5.74) is 9.16. The second kappa shape index (κ2) is 8.29. The van der Waals surface area contributed by atoms with Gasteiger partial charge in [-0.1, -0.05) is 23.9 Å². The molecule has 1 aromatic carbocycles. The smallest absolute Gasteiger partial charge is 0.221 e. The van der Waals surface area contributed by atoms with Crippen LogP contribution < -0.4 is 11.1 Å². The molecule has 3 aromatic rings. The van der Waals surface area contributed by atoms with Gasteiger partial charge in [0.05, 0.1) is 5.69 Å². The first kappa shape index (κ1) is 18.4. The largest absolute Gasteiger partial charge is 0.382 e. The number of nitrogens with one attached hydrogen (secondary N) is 1. The number of carbonyl (C=O) groups is 1. The summed E-state index contributed by atoms with van der Waals surface area (Å²) in [7, 11) is 0. The van der Waals surface area contributed by atoms with Crippen LogP contribution in [0.3, 0.4) is 0 Å². The zero-order valence-corrected chi connectivity index (χ0v) is 15.3. The summed E-state index contributed by atoms with van der Waals surface area (Å²) in [6.45, 7) is 1.44. The van der Waals surface area contributed by atoms with Crippen molar-refractivity contribution in [3.05, 3.63) is 59.9 Å². The molecular formula is C19H16N6OS. The van der Waals surface area contributed by atoms with Crippen LogP contribution in [0.25, 0.3) is 11.3 Å². The zero-order valence-electron chi connectivity index (χ0n) is 14.5. The summed E-state index contributed by atoms with van der Waals surface area (Å²) in [5, 5.41) is 12.6. The number of hydrogen-bond acceptors (Lipinski definition) is 7. The fraction of sp³-hybridized carbons (Fsp3) is 0.105. The van der Waals surface area contributed by atoms with Crippen LogP contribution in [0.15, 0.2) is 53.9 Å². The summed E-state index contributed by atoms with van der Waals surface area (Å²) in [4.78, 5) is 23.9. The number of hydrogen-bond donors (Lipinski definition) is 2. The Morgan fingerprint density at radius 2 is 1.89 bits per heavy atom. The molecule has 27 heavy (non-hydrogen) atoms. The highest BCUT2D eigenvalue weighted by Gasteiger charge is 2.15. The maximum absolute atomic E-state index is 11.1. The maximum Gasteiger partial charge on any atom is 0.221 e. The lowest BCUT2D eigenvalue weighted by molar-refractivity contribution is -0.114. The molecule has 2 aromatic heterocycles. The highest BCUT2D eigenvalue weighted by Crippen LogP contribution is 2.29. The summed E-state index contributed by atoms with van der Waals surface area (Å²) in [6.07, 6.45) is 3.46. The lowest BCUT2D eigenvalue weighted by Gasteiger charge is -2.09. The summed E-state index contributed by atoms with van der Waals surface area (Å²) >= 11 is 1.43. The van der Waals surface area contributed by atoms with Crippen LogP contribution in [-0.4, -0.2) is 20.9 Å². The minimum Gasteiger partial charge on any atom is -0.382 e. The highest BCUT2D eigenvalue weighted by atomic mass is 32.2. The second-order valence-electron chi connectivity index (χ2n) is 5.63. The van der Waals surface area contributed by atoms with Gasteiger partial charge >= 0.3 is 0 Å². The fourth-order valence-corrected chi connectivity index (χ4v) is 3.19. The van der Waals surface area contributed by atoms with E-state index in [0.29, 0.717) is 22.3 Å². The Morgan fingerprint density at radius 3 is 2.52 bits per heavy atom. The minimum atomic E-state index is -0.151. The molecule has 0 spiro atoms. The van der Waals surface area contributed by atoms with Crippen LogP contribution in [0, 0.1) is 11.3 Å². The van der Waals surface area contributed by atoms with Crippen LogP contribution in [0.4, 0.5) is 11.5 Å². The average molecular weight is 376 g/mol. The second-order valence-corrected chi connectivity index (χ2v) is 6.57. The Balaban J connectivity index is 1.90. The molecule has 0 bridgehead atoms. The number of benzene rings is 1. The number of nitriles is 1. The highest BCUT2D eigenvalue weighted by molar-refractivity contribution is 7.98. The SMILES string of the molecule is CC(=O)Nc1ccc(-c2nc(SCc3ccncc3)nc(N)c2C#N)cc1. The summed E-state index contributed by atoms with van der Waals surface area (Å²) in [6, 6.07) is 13.0. The van der Waals surface area contributed by atoms with E-state index < -0.39 is 0 Å². The lowest BCUT2D eigenvalue weighted by atomic mass is 10.1. The molecule has 3 rings (SSSR count). The zero-order chi connectivity index (χ0) is 19.2. The number of nitrogen functional groups attached to an aromatic ring is 1. The Morgan fingerprint density at radius 1 is 1.19 bits per heavy atom.